The number of rotatable bonds is 2. The highest BCUT2D eigenvalue weighted by Crippen LogP contribution is 2.24. The van der Waals surface area contributed by atoms with Crippen LogP contribution in [0.15, 0.2) is 17.4 Å². The summed E-state index contributed by atoms with van der Waals surface area (Å²) < 4.78 is 1.60. The lowest BCUT2D eigenvalue weighted by Crippen LogP contribution is -2.20. The van der Waals surface area contributed by atoms with E-state index >= 15 is 0 Å². The third-order valence-electron chi connectivity index (χ3n) is 2.91. The Morgan fingerprint density at radius 2 is 2.11 bits per heavy atom. The van der Waals surface area contributed by atoms with Gasteiger partial charge in [0.25, 0.3) is 0 Å². The largest absolute Gasteiger partial charge is 0.409 e. The maximum absolute atomic E-state index is 8.89. The second kappa shape index (κ2) is 4.89. The highest BCUT2D eigenvalue weighted by molar-refractivity contribution is 6.31. The van der Waals surface area contributed by atoms with E-state index < -0.39 is 0 Å². The molecule has 100 valence electrons. The van der Waals surface area contributed by atoms with Gasteiger partial charge in [-0.1, -0.05) is 16.8 Å². The zero-order valence-corrected chi connectivity index (χ0v) is 11.6. The SMILES string of the molecule is Cc1ccnc(-n2nc(C)c(Cl)c2C)c1/C(N)=N/O. The Morgan fingerprint density at radius 1 is 1.42 bits per heavy atom. The van der Waals surface area contributed by atoms with Gasteiger partial charge in [0.2, 0.25) is 0 Å². The first-order chi connectivity index (χ1) is 8.97. The van der Waals surface area contributed by atoms with E-state index in [-0.39, 0.29) is 5.84 Å². The molecule has 0 spiro atoms. The molecule has 19 heavy (non-hydrogen) atoms. The van der Waals surface area contributed by atoms with E-state index in [4.69, 9.17) is 22.5 Å². The van der Waals surface area contributed by atoms with Crippen LogP contribution in [0.25, 0.3) is 5.82 Å². The van der Waals surface area contributed by atoms with Crippen molar-refractivity contribution in [3.8, 4) is 5.82 Å². The second-order valence-corrected chi connectivity index (χ2v) is 4.59. The van der Waals surface area contributed by atoms with Gasteiger partial charge in [0, 0.05) is 6.20 Å². The molecule has 0 aromatic carbocycles. The van der Waals surface area contributed by atoms with Gasteiger partial charge in [-0.2, -0.15) is 5.10 Å². The Hall–Kier alpha value is -2.08. The van der Waals surface area contributed by atoms with E-state index in [1.54, 1.807) is 16.9 Å². The molecule has 0 unspecified atom stereocenters. The molecule has 2 aromatic heterocycles. The monoisotopic (exact) mass is 279 g/mol. The minimum atomic E-state index is -0.00993. The van der Waals surface area contributed by atoms with Crippen molar-refractivity contribution in [1.29, 1.82) is 0 Å². The van der Waals surface area contributed by atoms with Gasteiger partial charge in [0.15, 0.2) is 11.7 Å². The number of nitrogens with two attached hydrogens (primary N) is 1. The number of pyridine rings is 1. The normalized spacial score (nSPS) is 11.9. The van der Waals surface area contributed by atoms with Crippen LogP contribution in [0.4, 0.5) is 0 Å². The first-order valence-corrected chi connectivity index (χ1v) is 6.00. The first kappa shape index (κ1) is 13.4. The van der Waals surface area contributed by atoms with Crippen LogP contribution in [0.5, 0.6) is 0 Å². The van der Waals surface area contributed by atoms with E-state index in [0.29, 0.717) is 22.1 Å². The quantitative estimate of drug-likeness (QED) is 0.380. The van der Waals surface area contributed by atoms with Crippen LogP contribution in [0.2, 0.25) is 5.02 Å². The molecule has 0 fully saturated rings. The molecule has 0 amide bonds. The second-order valence-electron chi connectivity index (χ2n) is 4.21. The van der Waals surface area contributed by atoms with E-state index in [2.05, 4.69) is 15.2 Å². The van der Waals surface area contributed by atoms with Gasteiger partial charge in [-0.3, -0.25) is 0 Å². The standard InChI is InChI=1S/C12H14ClN5O/c1-6-4-5-15-12(9(6)11(14)17-19)18-8(3)10(13)7(2)16-18/h4-5,19H,1-3H3,(H2,14,17). The van der Waals surface area contributed by atoms with Gasteiger partial charge >= 0.3 is 0 Å². The molecular formula is C12H14ClN5O. The number of nitrogens with zero attached hydrogens (tertiary/aromatic N) is 4. The number of aromatic nitrogens is 3. The molecule has 0 bridgehead atoms. The number of hydrogen-bond acceptors (Lipinski definition) is 4. The summed E-state index contributed by atoms with van der Waals surface area (Å²) >= 11 is 6.13. The zero-order chi connectivity index (χ0) is 14.2. The molecule has 0 aliphatic heterocycles. The molecule has 0 atom stereocenters. The van der Waals surface area contributed by atoms with Crippen molar-refractivity contribution in [2.24, 2.45) is 10.9 Å². The molecule has 2 heterocycles. The molecule has 2 aromatic rings. The Bertz CT molecular complexity index is 662. The van der Waals surface area contributed by atoms with Gasteiger partial charge in [-0.25, -0.2) is 9.67 Å². The fourth-order valence-corrected chi connectivity index (χ4v) is 2.02. The molecule has 0 saturated carbocycles. The Balaban J connectivity index is 2.76. The molecule has 0 aliphatic carbocycles. The van der Waals surface area contributed by atoms with E-state index in [1.807, 2.05) is 20.8 Å². The molecule has 7 heteroatoms. The smallest absolute Gasteiger partial charge is 0.174 e. The predicted octanol–water partition coefficient (Wildman–Crippen LogP) is 1.94. The van der Waals surface area contributed by atoms with Crippen LogP contribution in [-0.2, 0) is 0 Å². The lowest BCUT2D eigenvalue weighted by Gasteiger charge is -2.11. The summed E-state index contributed by atoms with van der Waals surface area (Å²) in [7, 11) is 0. The highest BCUT2D eigenvalue weighted by Gasteiger charge is 2.18. The average Bonchev–Trinajstić information content (AvgIpc) is 2.65. The lowest BCUT2D eigenvalue weighted by molar-refractivity contribution is 0.318. The summed E-state index contributed by atoms with van der Waals surface area (Å²) in [6, 6.07) is 1.78. The lowest BCUT2D eigenvalue weighted by atomic mass is 10.1. The topological polar surface area (TPSA) is 89.3 Å². The fourth-order valence-electron chi connectivity index (χ4n) is 1.90. The maximum Gasteiger partial charge on any atom is 0.174 e. The van der Waals surface area contributed by atoms with Crippen LogP contribution in [0.3, 0.4) is 0 Å². The van der Waals surface area contributed by atoms with Crippen LogP contribution in [0.1, 0.15) is 22.5 Å². The van der Waals surface area contributed by atoms with Crippen molar-refractivity contribution in [3.63, 3.8) is 0 Å². The van der Waals surface area contributed by atoms with Crippen LogP contribution in [-0.4, -0.2) is 25.8 Å². The number of amidine groups is 1. The van der Waals surface area contributed by atoms with E-state index in [0.717, 1.165) is 11.3 Å². The van der Waals surface area contributed by atoms with Crippen LogP contribution >= 0.6 is 11.6 Å². The zero-order valence-electron chi connectivity index (χ0n) is 10.8. The summed E-state index contributed by atoms with van der Waals surface area (Å²) in [6.07, 6.45) is 1.64. The molecule has 0 saturated heterocycles. The minimum Gasteiger partial charge on any atom is -0.409 e. The Kier molecular flexibility index (Phi) is 3.44. The number of hydrogen-bond donors (Lipinski definition) is 2. The van der Waals surface area contributed by atoms with Crippen molar-refractivity contribution < 1.29 is 5.21 Å². The Labute approximate surface area is 115 Å². The first-order valence-electron chi connectivity index (χ1n) is 5.63. The predicted molar refractivity (Wildman–Crippen MR) is 73.1 cm³/mol. The summed E-state index contributed by atoms with van der Waals surface area (Å²) in [6.45, 7) is 5.50. The Morgan fingerprint density at radius 3 is 2.63 bits per heavy atom. The van der Waals surface area contributed by atoms with E-state index in [9.17, 15) is 0 Å². The molecule has 0 radical (unpaired) electrons. The molecular weight excluding hydrogens is 266 g/mol. The fraction of sp³-hybridized carbons (Fsp3) is 0.250. The molecule has 6 nitrogen and oxygen atoms in total. The highest BCUT2D eigenvalue weighted by atomic mass is 35.5. The molecule has 3 N–H and O–H groups in total. The third kappa shape index (κ3) is 2.15. The third-order valence-corrected chi connectivity index (χ3v) is 3.45. The summed E-state index contributed by atoms with van der Waals surface area (Å²) in [4.78, 5) is 4.26. The average molecular weight is 280 g/mol. The van der Waals surface area contributed by atoms with Crippen molar-refractivity contribution in [3.05, 3.63) is 39.8 Å². The molecule has 0 aliphatic rings. The van der Waals surface area contributed by atoms with Gasteiger partial charge in [0.05, 0.1) is 22.0 Å². The van der Waals surface area contributed by atoms with Crippen molar-refractivity contribution in [2.75, 3.05) is 0 Å². The van der Waals surface area contributed by atoms with Crippen LogP contribution in [0, 0.1) is 20.8 Å². The van der Waals surface area contributed by atoms with Crippen molar-refractivity contribution >= 4 is 17.4 Å². The van der Waals surface area contributed by atoms with Crippen molar-refractivity contribution in [1.82, 2.24) is 14.8 Å². The van der Waals surface area contributed by atoms with Crippen molar-refractivity contribution in [2.45, 2.75) is 20.8 Å². The van der Waals surface area contributed by atoms with E-state index in [1.165, 1.54) is 0 Å². The number of oxime groups is 1. The number of aryl methyl sites for hydroxylation is 2. The van der Waals surface area contributed by atoms with Gasteiger partial charge in [0.1, 0.15) is 0 Å². The summed E-state index contributed by atoms with van der Waals surface area (Å²) in [5, 5.41) is 16.8. The van der Waals surface area contributed by atoms with Crippen LogP contribution < -0.4 is 5.73 Å². The van der Waals surface area contributed by atoms with Gasteiger partial charge in [-0.15, -0.1) is 0 Å². The minimum absolute atomic E-state index is 0.00993. The summed E-state index contributed by atoms with van der Waals surface area (Å²) in [5.74, 6) is 0.479. The maximum atomic E-state index is 8.89. The van der Waals surface area contributed by atoms with Gasteiger partial charge in [-0.05, 0) is 32.4 Å². The number of halogens is 1. The summed E-state index contributed by atoms with van der Waals surface area (Å²) in [5.41, 5.74) is 8.54. The van der Waals surface area contributed by atoms with Gasteiger partial charge < -0.3 is 10.9 Å². The molecule has 2 rings (SSSR count).